The van der Waals surface area contributed by atoms with E-state index in [4.69, 9.17) is 0 Å². The van der Waals surface area contributed by atoms with Crippen LogP contribution in [0.2, 0.25) is 0 Å². The molecule has 0 amide bonds. The van der Waals surface area contributed by atoms with Gasteiger partial charge in [0.1, 0.15) is 5.60 Å². The standard InChI is InChI=1S/C16H23N3O.HI/c1-2-17-15(19-13-7-8-13)18-11-16(20)10-9-12-5-3-4-6-14(12)16;/h3-6,13,20H,2,7-11H2,1H3,(H2,17,18,19);1H. The largest absolute Gasteiger partial charge is 0.383 e. The van der Waals surface area contributed by atoms with E-state index in [1.54, 1.807) is 0 Å². The van der Waals surface area contributed by atoms with E-state index >= 15 is 0 Å². The molecule has 0 bridgehead atoms. The van der Waals surface area contributed by atoms with E-state index in [0.717, 1.165) is 30.9 Å². The first kappa shape index (κ1) is 16.5. The van der Waals surface area contributed by atoms with Crippen molar-refractivity contribution in [2.24, 2.45) is 4.99 Å². The first-order valence-corrected chi connectivity index (χ1v) is 7.57. The van der Waals surface area contributed by atoms with Gasteiger partial charge in [0.15, 0.2) is 5.96 Å². The van der Waals surface area contributed by atoms with Gasteiger partial charge in [-0.05, 0) is 43.7 Å². The van der Waals surface area contributed by atoms with Gasteiger partial charge >= 0.3 is 0 Å². The molecule has 3 rings (SSSR count). The molecule has 1 atom stereocenters. The van der Waals surface area contributed by atoms with E-state index in [9.17, 15) is 5.11 Å². The van der Waals surface area contributed by atoms with Crippen molar-refractivity contribution >= 4 is 29.9 Å². The molecule has 1 unspecified atom stereocenters. The van der Waals surface area contributed by atoms with Gasteiger partial charge in [0.25, 0.3) is 0 Å². The lowest BCUT2D eigenvalue weighted by molar-refractivity contribution is 0.0485. The Labute approximate surface area is 143 Å². The molecule has 2 aliphatic rings. The average molecular weight is 401 g/mol. The Hall–Kier alpha value is -0.820. The SMILES string of the molecule is CCNC(=NCC1(O)CCc2ccccc21)NC1CC1.I. The van der Waals surface area contributed by atoms with E-state index in [1.165, 1.54) is 18.4 Å². The fourth-order valence-electron chi connectivity index (χ4n) is 2.78. The summed E-state index contributed by atoms with van der Waals surface area (Å²) in [6.07, 6.45) is 4.14. The number of aliphatic imine (C=N–C) groups is 1. The summed E-state index contributed by atoms with van der Waals surface area (Å²) in [4.78, 5) is 4.59. The van der Waals surface area contributed by atoms with Crippen molar-refractivity contribution in [2.45, 2.75) is 44.2 Å². The average Bonchev–Trinajstić information content (AvgIpc) is 3.21. The molecule has 0 saturated heterocycles. The molecule has 5 heteroatoms. The lowest BCUT2D eigenvalue weighted by atomic mass is 9.96. The zero-order chi connectivity index (χ0) is 14.0. The molecule has 3 N–H and O–H groups in total. The minimum absolute atomic E-state index is 0. The minimum atomic E-state index is -0.803. The molecule has 0 aromatic heterocycles. The quantitative estimate of drug-likeness (QED) is 0.412. The Morgan fingerprint density at radius 2 is 2.14 bits per heavy atom. The number of nitrogens with one attached hydrogen (secondary N) is 2. The maximum Gasteiger partial charge on any atom is 0.191 e. The number of aryl methyl sites for hydroxylation is 1. The Morgan fingerprint density at radius 3 is 2.86 bits per heavy atom. The van der Waals surface area contributed by atoms with Gasteiger partial charge in [0, 0.05) is 12.6 Å². The van der Waals surface area contributed by atoms with Crippen LogP contribution in [-0.4, -0.2) is 30.2 Å². The summed E-state index contributed by atoms with van der Waals surface area (Å²) in [5.74, 6) is 0.827. The molecular weight excluding hydrogens is 377 g/mol. The van der Waals surface area contributed by atoms with Crippen molar-refractivity contribution in [1.82, 2.24) is 10.6 Å². The zero-order valence-electron chi connectivity index (χ0n) is 12.4. The maximum absolute atomic E-state index is 10.8. The number of hydrogen-bond donors (Lipinski definition) is 3. The third kappa shape index (κ3) is 3.88. The van der Waals surface area contributed by atoms with Crippen LogP contribution in [0.15, 0.2) is 29.3 Å². The molecule has 0 radical (unpaired) electrons. The number of aliphatic hydroxyl groups is 1. The highest BCUT2D eigenvalue weighted by molar-refractivity contribution is 14.0. The maximum atomic E-state index is 10.8. The monoisotopic (exact) mass is 401 g/mol. The lowest BCUT2D eigenvalue weighted by Gasteiger charge is -2.22. The Kier molecular flexibility index (Phi) is 5.48. The summed E-state index contributed by atoms with van der Waals surface area (Å²) in [7, 11) is 0. The van der Waals surface area contributed by atoms with Crippen molar-refractivity contribution < 1.29 is 5.11 Å². The summed E-state index contributed by atoms with van der Waals surface area (Å²) >= 11 is 0. The summed E-state index contributed by atoms with van der Waals surface area (Å²) < 4.78 is 0. The minimum Gasteiger partial charge on any atom is -0.383 e. The molecule has 0 heterocycles. The van der Waals surface area contributed by atoms with Gasteiger partial charge in [-0.3, -0.25) is 0 Å². The summed E-state index contributed by atoms with van der Waals surface area (Å²) in [5.41, 5.74) is 1.50. The lowest BCUT2D eigenvalue weighted by Crippen LogP contribution is -2.40. The van der Waals surface area contributed by atoms with E-state index in [1.807, 2.05) is 18.2 Å². The van der Waals surface area contributed by atoms with Crippen molar-refractivity contribution in [2.75, 3.05) is 13.1 Å². The van der Waals surface area contributed by atoms with Crippen LogP contribution >= 0.6 is 24.0 Å². The Morgan fingerprint density at radius 1 is 1.38 bits per heavy atom. The molecule has 1 aromatic carbocycles. The Bertz CT molecular complexity index is 516. The van der Waals surface area contributed by atoms with Gasteiger partial charge in [-0.1, -0.05) is 24.3 Å². The van der Waals surface area contributed by atoms with E-state index < -0.39 is 5.60 Å². The highest BCUT2D eigenvalue weighted by atomic mass is 127. The summed E-state index contributed by atoms with van der Waals surface area (Å²) in [6.45, 7) is 3.32. The number of halogens is 1. The third-order valence-electron chi connectivity index (χ3n) is 4.09. The van der Waals surface area contributed by atoms with Crippen LogP contribution in [0.25, 0.3) is 0 Å². The van der Waals surface area contributed by atoms with Crippen molar-refractivity contribution in [3.05, 3.63) is 35.4 Å². The molecule has 116 valence electrons. The van der Waals surface area contributed by atoms with Crippen LogP contribution in [0.1, 0.15) is 37.3 Å². The second-order valence-corrected chi connectivity index (χ2v) is 5.80. The predicted octanol–water partition coefficient (Wildman–Crippen LogP) is 2.16. The van der Waals surface area contributed by atoms with Gasteiger partial charge < -0.3 is 15.7 Å². The molecule has 0 aliphatic heterocycles. The topological polar surface area (TPSA) is 56.7 Å². The number of rotatable bonds is 4. The highest BCUT2D eigenvalue weighted by Gasteiger charge is 2.36. The van der Waals surface area contributed by atoms with Crippen LogP contribution in [0.3, 0.4) is 0 Å². The van der Waals surface area contributed by atoms with Crippen LogP contribution in [0.4, 0.5) is 0 Å². The van der Waals surface area contributed by atoms with E-state index in [0.29, 0.717) is 12.6 Å². The van der Waals surface area contributed by atoms with Gasteiger partial charge in [-0.25, -0.2) is 4.99 Å². The van der Waals surface area contributed by atoms with Crippen molar-refractivity contribution in [3.8, 4) is 0 Å². The molecule has 4 nitrogen and oxygen atoms in total. The highest BCUT2D eigenvalue weighted by Crippen LogP contribution is 2.36. The third-order valence-corrected chi connectivity index (χ3v) is 4.09. The first-order valence-electron chi connectivity index (χ1n) is 7.57. The zero-order valence-corrected chi connectivity index (χ0v) is 14.8. The fourth-order valence-corrected chi connectivity index (χ4v) is 2.78. The molecule has 21 heavy (non-hydrogen) atoms. The predicted molar refractivity (Wildman–Crippen MR) is 96.2 cm³/mol. The van der Waals surface area contributed by atoms with Gasteiger partial charge in [-0.2, -0.15) is 0 Å². The second-order valence-electron chi connectivity index (χ2n) is 5.80. The van der Waals surface area contributed by atoms with E-state index in [2.05, 4.69) is 28.6 Å². The molecule has 2 aliphatic carbocycles. The number of fused-ring (bicyclic) bond motifs is 1. The summed E-state index contributed by atoms with van der Waals surface area (Å²) in [5, 5.41) is 17.5. The molecule has 1 saturated carbocycles. The Balaban J connectivity index is 0.00000161. The summed E-state index contributed by atoms with van der Waals surface area (Å²) in [6, 6.07) is 8.72. The normalized spacial score (nSPS) is 24.2. The number of guanidine groups is 1. The van der Waals surface area contributed by atoms with Crippen LogP contribution in [0, 0.1) is 0 Å². The van der Waals surface area contributed by atoms with Gasteiger partial charge in [0.2, 0.25) is 0 Å². The second kappa shape index (κ2) is 6.96. The smallest absolute Gasteiger partial charge is 0.191 e. The molecule has 1 fully saturated rings. The van der Waals surface area contributed by atoms with Gasteiger partial charge in [-0.15, -0.1) is 24.0 Å². The number of hydrogen-bond acceptors (Lipinski definition) is 2. The number of benzene rings is 1. The van der Waals surface area contributed by atoms with Crippen LogP contribution in [0.5, 0.6) is 0 Å². The molecule has 1 aromatic rings. The van der Waals surface area contributed by atoms with Crippen LogP contribution in [-0.2, 0) is 12.0 Å². The van der Waals surface area contributed by atoms with Gasteiger partial charge in [0.05, 0.1) is 6.54 Å². The van der Waals surface area contributed by atoms with Crippen molar-refractivity contribution in [1.29, 1.82) is 0 Å². The van der Waals surface area contributed by atoms with Crippen LogP contribution < -0.4 is 10.6 Å². The number of nitrogens with zero attached hydrogens (tertiary/aromatic N) is 1. The molecule has 0 spiro atoms. The van der Waals surface area contributed by atoms with Crippen molar-refractivity contribution in [3.63, 3.8) is 0 Å². The first-order chi connectivity index (χ1) is 9.71. The fraction of sp³-hybridized carbons (Fsp3) is 0.562. The molecular formula is C16H24IN3O. The van der Waals surface area contributed by atoms with E-state index in [-0.39, 0.29) is 24.0 Å².